The number of benzene rings is 2. The number of hydrogen-bond donors (Lipinski definition) is 1. The summed E-state index contributed by atoms with van der Waals surface area (Å²) >= 11 is 5.72. The zero-order chi connectivity index (χ0) is 16.9. The lowest BCUT2D eigenvalue weighted by Crippen LogP contribution is -2.82. The first-order valence-electron chi connectivity index (χ1n) is 7.28. The molecular weight excluding hydrogens is 330 g/mol. The van der Waals surface area contributed by atoms with E-state index in [1.165, 1.54) is 18.2 Å². The maximum atomic E-state index is 13.0. The maximum absolute atomic E-state index is 13.0. The Morgan fingerprint density at radius 3 is 2.22 bits per heavy atom. The average Bonchev–Trinajstić information content (AvgIpc) is 2.50. The molecule has 23 heavy (non-hydrogen) atoms. The summed E-state index contributed by atoms with van der Waals surface area (Å²) in [6, 6.07) is 9.87. The Bertz CT molecular complexity index is 638. The van der Waals surface area contributed by atoms with E-state index in [0.717, 1.165) is 42.6 Å². The maximum Gasteiger partial charge on any atom is 0.416 e. The lowest BCUT2D eigenvalue weighted by atomic mass is 10.1. The molecule has 0 aromatic heterocycles. The molecule has 0 heterocycles. The van der Waals surface area contributed by atoms with Gasteiger partial charge >= 0.3 is 6.18 Å². The van der Waals surface area contributed by atoms with Gasteiger partial charge in [0.25, 0.3) is 0 Å². The molecule has 0 aliphatic carbocycles. The van der Waals surface area contributed by atoms with E-state index >= 15 is 0 Å². The van der Waals surface area contributed by atoms with Crippen molar-refractivity contribution in [1.29, 1.82) is 0 Å². The summed E-state index contributed by atoms with van der Waals surface area (Å²) in [4.78, 5) is 0. The summed E-state index contributed by atoms with van der Waals surface area (Å²) in [5, 5.41) is 2.16. The highest BCUT2D eigenvalue weighted by Gasteiger charge is 2.29. The van der Waals surface area contributed by atoms with Gasteiger partial charge < -0.3 is 5.32 Å². The SMILES string of the molecule is Fc1ccc(CCC[NH2+]Cc2ccc(C(F)(F)F)cc2)cc1Cl. The normalized spacial score (nSPS) is 11.7. The molecule has 6 heteroatoms. The van der Waals surface area contributed by atoms with Crippen LogP contribution in [0.25, 0.3) is 0 Å². The van der Waals surface area contributed by atoms with Gasteiger partial charge in [-0.05, 0) is 36.2 Å². The first-order chi connectivity index (χ1) is 10.9. The van der Waals surface area contributed by atoms with E-state index in [9.17, 15) is 17.6 Å². The second kappa shape index (κ2) is 7.79. The van der Waals surface area contributed by atoms with Crippen LogP contribution in [0.2, 0.25) is 5.02 Å². The van der Waals surface area contributed by atoms with Crippen molar-refractivity contribution in [3.05, 3.63) is 70.0 Å². The van der Waals surface area contributed by atoms with Gasteiger partial charge in [-0.25, -0.2) is 4.39 Å². The average molecular weight is 347 g/mol. The molecule has 2 N–H and O–H groups in total. The van der Waals surface area contributed by atoms with Gasteiger partial charge in [0, 0.05) is 12.0 Å². The quantitative estimate of drug-likeness (QED) is 0.596. The Kier molecular flexibility index (Phi) is 6.02. The first-order valence-corrected chi connectivity index (χ1v) is 7.66. The predicted octanol–water partition coefficient (Wildman–Crippen LogP) is 4.19. The molecule has 0 saturated carbocycles. The fourth-order valence-corrected chi connectivity index (χ4v) is 2.45. The summed E-state index contributed by atoms with van der Waals surface area (Å²) in [5.41, 5.74) is 1.19. The molecule has 0 saturated heterocycles. The van der Waals surface area contributed by atoms with Gasteiger partial charge in [0.2, 0.25) is 0 Å². The molecule has 0 fully saturated rings. The minimum atomic E-state index is -4.29. The lowest BCUT2D eigenvalue weighted by Gasteiger charge is -2.07. The standard InChI is InChI=1S/C17H16ClF4N/c18-15-10-12(5-8-16(15)19)2-1-9-23-11-13-3-6-14(7-4-13)17(20,21)22/h3-8,10,23H,1-2,9,11H2/p+1. The number of aryl methyl sites for hydroxylation is 1. The number of hydrogen-bond acceptors (Lipinski definition) is 0. The van der Waals surface area contributed by atoms with Crippen LogP contribution in [0.1, 0.15) is 23.1 Å². The zero-order valence-electron chi connectivity index (χ0n) is 12.3. The number of alkyl halides is 3. The van der Waals surface area contributed by atoms with Crippen LogP contribution in [0, 0.1) is 5.82 Å². The van der Waals surface area contributed by atoms with Gasteiger partial charge in [-0.2, -0.15) is 13.2 Å². The van der Waals surface area contributed by atoms with E-state index in [1.807, 2.05) is 5.32 Å². The number of quaternary nitrogens is 1. The second-order valence-corrected chi connectivity index (χ2v) is 5.74. The van der Waals surface area contributed by atoms with Crippen LogP contribution < -0.4 is 5.32 Å². The van der Waals surface area contributed by atoms with Crippen LogP contribution in [0.15, 0.2) is 42.5 Å². The van der Waals surface area contributed by atoms with Crippen LogP contribution in [0.4, 0.5) is 17.6 Å². The van der Waals surface area contributed by atoms with E-state index in [2.05, 4.69) is 0 Å². The van der Waals surface area contributed by atoms with Crippen molar-refractivity contribution in [2.75, 3.05) is 6.54 Å². The molecule has 0 bridgehead atoms. The summed E-state index contributed by atoms with van der Waals surface area (Å²) in [7, 11) is 0. The van der Waals surface area contributed by atoms with Crippen molar-refractivity contribution >= 4 is 11.6 Å². The number of halogens is 5. The molecule has 1 nitrogen and oxygen atoms in total. The highest BCUT2D eigenvalue weighted by Crippen LogP contribution is 2.28. The Hall–Kier alpha value is -1.59. The summed E-state index contributed by atoms with van der Waals surface area (Å²) in [5.74, 6) is -0.427. The van der Waals surface area contributed by atoms with E-state index in [1.54, 1.807) is 12.1 Å². The van der Waals surface area contributed by atoms with Crippen LogP contribution in [0.5, 0.6) is 0 Å². The molecule has 2 aromatic rings. The Morgan fingerprint density at radius 2 is 1.61 bits per heavy atom. The Labute approximate surface area is 137 Å². The Morgan fingerprint density at radius 1 is 0.957 bits per heavy atom. The third kappa shape index (κ3) is 5.52. The largest absolute Gasteiger partial charge is 0.416 e. The van der Waals surface area contributed by atoms with Gasteiger partial charge in [-0.3, -0.25) is 0 Å². The molecule has 0 radical (unpaired) electrons. The van der Waals surface area contributed by atoms with Crippen molar-refractivity contribution in [2.45, 2.75) is 25.6 Å². The number of nitrogens with two attached hydrogens (primary N) is 1. The number of rotatable bonds is 6. The fraction of sp³-hybridized carbons (Fsp3) is 0.294. The van der Waals surface area contributed by atoms with Crippen molar-refractivity contribution in [2.24, 2.45) is 0 Å². The topological polar surface area (TPSA) is 16.6 Å². The van der Waals surface area contributed by atoms with Crippen molar-refractivity contribution < 1.29 is 22.9 Å². The molecule has 0 spiro atoms. The van der Waals surface area contributed by atoms with E-state index in [0.29, 0.717) is 6.54 Å². The molecule has 0 aliphatic heterocycles. The smallest absolute Gasteiger partial charge is 0.342 e. The molecule has 0 atom stereocenters. The minimum absolute atomic E-state index is 0.122. The summed E-state index contributed by atoms with van der Waals surface area (Å²) in [6.45, 7) is 1.46. The van der Waals surface area contributed by atoms with Gasteiger partial charge in [-0.15, -0.1) is 0 Å². The van der Waals surface area contributed by atoms with Gasteiger partial charge in [0.15, 0.2) is 0 Å². The van der Waals surface area contributed by atoms with Gasteiger partial charge in [0.05, 0.1) is 17.1 Å². The molecule has 124 valence electrons. The fourth-order valence-electron chi connectivity index (χ4n) is 2.24. The molecule has 2 rings (SSSR count). The summed E-state index contributed by atoms with van der Waals surface area (Å²) < 4.78 is 50.4. The highest BCUT2D eigenvalue weighted by atomic mass is 35.5. The second-order valence-electron chi connectivity index (χ2n) is 5.33. The molecular formula is C17H17ClF4N+. The molecule has 0 aliphatic rings. The zero-order valence-corrected chi connectivity index (χ0v) is 13.1. The van der Waals surface area contributed by atoms with Crippen molar-refractivity contribution in [3.63, 3.8) is 0 Å². The Balaban J connectivity index is 1.72. The highest BCUT2D eigenvalue weighted by molar-refractivity contribution is 6.30. The predicted molar refractivity (Wildman–Crippen MR) is 81.7 cm³/mol. The monoisotopic (exact) mass is 346 g/mol. The van der Waals surface area contributed by atoms with Crippen LogP contribution in [-0.4, -0.2) is 6.54 Å². The molecule has 0 unspecified atom stereocenters. The molecule has 2 aromatic carbocycles. The molecule has 0 amide bonds. The van der Waals surface area contributed by atoms with E-state index in [4.69, 9.17) is 11.6 Å². The third-order valence-corrected chi connectivity index (χ3v) is 3.81. The van der Waals surface area contributed by atoms with Crippen molar-refractivity contribution in [1.82, 2.24) is 0 Å². The summed E-state index contributed by atoms with van der Waals surface area (Å²) in [6.07, 6.45) is -2.63. The van der Waals surface area contributed by atoms with Crippen molar-refractivity contribution in [3.8, 4) is 0 Å². The minimum Gasteiger partial charge on any atom is -0.342 e. The van der Waals surface area contributed by atoms with Crippen LogP contribution >= 0.6 is 11.6 Å². The van der Waals surface area contributed by atoms with Crippen LogP contribution in [0.3, 0.4) is 0 Å². The van der Waals surface area contributed by atoms with E-state index in [-0.39, 0.29) is 5.02 Å². The lowest BCUT2D eigenvalue weighted by molar-refractivity contribution is -0.670. The first kappa shape index (κ1) is 17.8. The van der Waals surface area contributed by atoms with E-state index < -0.39 is 17.6 Å². The van der Waals surface area contributed by atoms with Gasteiger partial charge in [-0.1, -0.05) is 29.8 Å². The third-order valence-electron chi connectivity index (χ3n) is 3.52. The van der Waals surface area contributed by atoms with Crippen LogP contribution in [-0.2, 0) is 19.1 Å². The van der Waals surface area contributed by atoms with Gasteiger partial charge in [0.1, 0.15) is 12.4 Å².